The molecule has 1 nitrogen and oxygen atoms in total. The van der Waals surface area contributed by atoms with E-state index in [1.54, 1.807) is 0 Å². The first kappa shape index (κ1) is 10.7. The van der Waals surface area contributed by atoms with Crippen molar-refractivity contribution in [1.29, 1.82) is 0 Å². The van der Waals surface area contributed by atoms with E-state index in [0.29, 0.717) is 11.3 Å². The van der Waals surface area contributed by atoms with Gasteiger partial charge >= 0.3 is 0 Å². The van der Waals surface area contributed by atoms with Crippen molar-refractivity contribution in [2.75, 3.05) is 6.54 Å². The van der Waals surface area contributed by atoms with Crippen LogP contribution < -0.4 is 5.73 Å². The van der Waals surface area contributed by atoms with Gasteiger partial charge in [-0.3, -0.25) is 0 Å². The summed E-state index contributed by atoms with van der Waals surface area (Å²) < 4.78 is 0. The molecule has 2 N–H and O–H groups in total. The Morgan fingerprint density at radius 2 is 1.93 bits per heavy atom. The second-order valence-electron chi connectivity index (χ2n) is 5.23. The van der Waals surface area contributed by atoms with Gasteiger partial charge in [0.15, 0.2) is 0 Å². The van der Waals surface area contributed by atoms with Crippen LogP contribution in [0.25, 0.3) is 0 Å². The van der Waals surface area contributed by atoms with E-state index in [1.165, 1.54) is 30.4 Å². The fourth-order valence-corrected chi connectivity index (χ4v) is 2.29. The van der Waals surface area contributed by atoms with Crippen molar-refractivity contribution in [1.82, 2.24) is 0 Å². The fraction of sp³-hybridized carbons (Fsp3) is 0.571. The lowest BCUT2D eigenvalue weighted by Crippen LogP contribution is -2.18. The van der Waals surface area contributed by atoms with Crippen molar-refractivity contribution in [3.63, 3.8) is 0 Å². The first-order valence-corrected chi connectivity index (χ1v) is 5.95. The molecule has 2 rings (SSSR count). The van der Waals surface area contributed by atoms with Crippen molar-refractivity contribution in [2.45, 2.75) is 39.0 Å². The summed E-state index contributed by atoms with van der Waals surface area (Å²) in [5.41, 5.74) is 9.30. The molecule has 1 aliphatic rings. The summed E-state index contributed by atoms with van der Waals surface area (Å²) in [5, 5.41) is 0. The highest BCUT2D eigenvalue weighted by Crippen LogP contribution is 2.48. The van der Waals surface area contributed by atoms with Gasteiger partial charge in [-0.25, -0.2) is 0 Å². The van der Waals surface area contributed by atoms with Gasteiger partial charge < -0.3 is 5.73 Å². The second kappa shape index (κ2) is 3.97. The zero-order chi connectivity index (χ0) is 10.9. The summed E-state index contributed by atoms with van der Waals surface area (Å²) >= 11 is 0. The molecule has 0 heterocycles. The van der Waals surface area contributed by atoms with Crippen LogP contribution in [-0.4, -0.2) is 6.54 Å². The van der Waals surface area contributed by atoms with Crippen molar-refractivity contribution in [3.8, 4) is 0 Å². The van der Waals surface area contributed by atoms with E-state index in [2.05, 4.69) is 38.1 Å². The van der Waals surface area contributed by atoms with Gasteiger partial charge in [0.1, 0.15) is 0 Å². The second-order valence-corrected chi connectivity index (χ2v) is 5.23. The van der Waals surface area contributed by atoms with Crippen LogP contribution in [0, 0.1) is 5.41 Å². The quantitative estimate of drug-likeness (QED) is 0.799. The smallest absolute Gasteiger partial charge is 0.00173 e. The standard InChI is InChI=1S/C14H21N/c1-11(2)13-6-4-3-5-12(13)9-14(10-15)7-8-14/h3-6,11H,7-10,15H2,1-2H3. The predicted octanol–water partition coefficient (Wildman–Crippen LogP) is 3.09. The molecule has 0 bridgehead atoms. The molecule has 0 atom stereocenters. The minimum atomic E-state index is 0.449. The first-order valence-electron chi connectivity index (χ1n) is 5.95. The maximum atomic E-state index is 5.84. The zero-order valence-corrected chi connectivity index (χ0v) is 9.79. The lowest BCUT2D eigenvalue weighted by Gasteiger charge is -2.17. The van der Waals surface area contributed by atoms with Crippen molar-refractivity contribution in [3.05, 3.63) is 35.4 Å². The number of hydrogen-bond donors (Lipinski definition) is 1. The lowest BCUT2D eigenvalue weighted by atomic mass is 9.89. The van der Waals surface area contributed by atoms with Crippen LogP contribution in [-0.2, 0) is 6.42 Å². The fourth-order valence-electron chi connectivity index (χ4n) is 2.29. The van der Waals surface area contributed by atoms with Crippen LogP contribution in [0.3, 0.4) is 0 Å². The third-order valence-corrected chi connectivity index (χ3v) is 3.63. The molecule has 0 aromatic heterocycles. The van der Waals surface area contributed by atoms with Gasteiger partial charge in [0.05, 0.1) is 0 Å². The van der Waals surface area contributed by atoms with Crippen molar-refractivity contribution < 1.29 is 0 Å². The largest absolute Gasteiger partial charge is 0.330 e. The molecule has 1 aliphatic carbocycles. The van der Waals surface area contributed by atoms with Crippen LogP contribution in [0.5, 0.6) is 0 Å². The Morgan fingerprint density at radius 3 is 2.47 bits per heavy atom. The Balaban J connectivity index is 2.20. The van der Waals surface area contributed by atoms with Gasteiger partial charge in [-0.2, -0.15) is 0 Å². The molecule has 0 spiro atoms. The van der Waals surface area contributed by atoms with Crippen molar-refractivity contribution in [2.24, 2.45) is 11.1 Å². The Labute approximate surface area is 92.7 Å². The number of benzene rings is 1. The zero-order valence-electron chi connectivity index (χ0n) is 9.79. The van der Waals surface area contributed by atoms with Crippen LogP contribution in [0.4, 0.5) is 0 Å². The van der Waals surface area contributed by atoms with E-state index in [0.717, 1.165) is 6.54 Å². The molecule has 0 radical (unpaired) electrons. The highest BCUT2D eigenvalue weighted by atomic mass is 14.6. The van der Waals surface area contributed by atoms with Crippen LogP contribution in [0.15, 0.2) is 24.3 Å². The minimum Gasteiger partial charge on any atom is -0.330 e. The van der Waals surface area contributed by atoms with E-state index >= 15 is 0 Å². The summed E-state index contributed by atoms with van der Waals surface area (Å²) in [6.45, 7) is 5.38. The van der Waals surface area contributed by atoms with E-state index in [9.17, 15) is 0 Å². The number of hydrogen-bond acceptors (Lipinski definition) is 1. The summed E-state index contributed by atoms with van der Waals surface area (Å²) in [4.78, 5) is 0. The first-order chi connectivity index (χ1) is 7.17. The molecule has 0 saturated heterocycles. The molecular weight excluding hydrogens is 182 g/mol. The maximum absolute atomic E-state index is 5.84. The maximum Gasteiger partial charge on any atom is -0.00173 e. The van der Waals surface area contributed by atoms with Gasteiger partial charge in [0.25, 0.3) is 0 Å². The molecule has 1 heteroatoms. The van der Waals surface area contributed by atoms with E-state index in [-0.39, 0.29) is 0 Å². The Bertz CT molecular complexity index is 337. The molecule has 1 aromatic carbocycles. The molecule has 0 amide bonds. The van der Waals surface area contributed by atoms with Gasteiger partial charge in [0, 0.05) is 0 Å². The average molecular weight is 203 g/mol. The summed E-state index contributed by atoms with van der Waals surface area (Å²) in [5.74, 6) is 0.620. The normalized spacial score (nSPS) is 18.1. The number of rotatable bonds is 4. The highest BCUT2D eigenvalue weighted by Gasteiger charge is 2.41. The van der Waals surface area contributed by atoms with Crippen LogP contribution in [0.2, 0.25) is 0 Å². The molecule has 15 heavy (non-hydrogen) atoms. The third kappa shape index (κ3) is 2.23. The highest BCUT2D eigenvalue weighted by molar-refractivity contribution is 5.31. The summed E-state index contributed by atoms with van der Waals surface area (Å²) in [6, 6.07) is 8.81. The summed E-state index contributed by atoms with van der Waals surface area (Å²) in [7, 11) is 0. The monoisotopic (exact) mass is 203 g/mol. The minimum absolute atomic E-state index is 0.449. The Morgan fingerprint density at radius 1 is 1.27 bits per heavy atom. The Kier molecular flexibility index (Phi) is 2.83. The van der Waals surface area contributed by atoms with E-state index in [4.69, 9.17) is 5.73 Å². The van der Waals surface area contributed by atoms with Gasteiger partial charge in [-0.1, -0.05) is 38.1 Å². The van der Waals surface area contributed by atoms with Crippen molar-refractivity contribution >= 4 is 0 Å². The van der Waals surface area contributed by atoms with Gasteiger partial charge in [0.2, 0.25) is 0 Å². The SMILES string of the molecule is CC(C)c1ccccc1CC1(CN)CC1. The van der Waals surface area contributed by atoms with E-state index < -0.39 is 0 Å². The average Bonchev–Trinajstić information content (AvgIpc) is 2.99. The molecule has 1 fully saturated rings. The predicted molar refractivity (Wildman–Crippen MR) is 65.0 cm³/mol. The molecule has 0 aliphatic heterocycles. The van der Waals surface area contributed by atoms with Gasteiger partial charge in [-0.15, -0.1) is 0 Å². The topological polar surface area (TPSA) is 26.0 Å². The molecule has 0 unspecified atom stereocenters. The lowest BCUT2D eigenvalue weighted by molar-refractivity contribution is 0.517. The Hall–Kier alpha value is -0.820. The molecule has 1 saturated carbocycles. The van der Waals surface area contributed by atoms with Crippen LogP contribution >= 0.6 is 0 Å². The van der Waals surface area contributed by atoms with Crippen LogP contribution in [0.1, 0.15) is 43.7 Å². The summed E-state index contributed by atoms with van der Waals surface area (Å²) in [6.07, 6.45) is 3.81. The molecule has 1 aromatic rings. The molecular formula is C14H21N. The molecule has 82 valence electrons. The van der Waals surface area contributed by atoms with E-state index in [1.807, 2.05) is 0 Å². The number of nitrogens with two attached hydrogens (primary N) is 1. The van der Waals surface area contributed by atoms with Gasteiger partial charge in [-0.05, 0) is 48.3 Å². The third-order valence-electron chi connectivity index (χ3n) is 3.63.